The largest absolute Gasteiger partial charge is 0.326 e. The van der Waals surface area contributed by atoms with E-state index in [0.29, 0.717) is 17.7 Å². The fourth-order valence-corrected chi connectivity index (χ4v) is 8.23. The molecular formula is C20H23FN2O5S2. The summed E-state index contributed by atoms with van der Waals surface area (Å²) in [5.74, 6) is -1.41. The highest BCUT2D eigenvalue weighted by atomic mass is 32.2. The number of carbonyl (C=O) groups is 1. The van der Waals surface area contributed by atoms with Crippen molar-refractivity contribution in [2.75, 3.05) is 23.4 Å². The molecule has 10 heteroatoms. The predicted octanol–water partition coefficient (Wildman–Crippen LogP) is 1.56. The third kappa shape index (κ3) is 5.24. The lowest BCUT2D eigenvalue weighted by molar-refractivity contribution is -0.114. The van der Waals surface area contributed by atoms with Gasteiger partial charge in [-0.25, -0.2) is 21.2 Å². The van der Waals surface area contributed by atoms with Gasteiger partial charge in [-0.3, -0.25) is 4.79 Å². The molecule has 2 aromatic carbocycles. The molecule has 0 unspecified atom stereocenters. The normalized spacial score (nSPS) is 20.7. The van der Waals surface area contributed by atoms with Gasteiger partial charge in [0.05, 0.1) is 21.7 Å². The predicted molar refractivity (Wildman–Crippen MR) is 112 cm³/mol. The third-order valence-corrected chi connectivity index (χ3v) is 9.13. The summed E-state index contributed by atoms with van der Waals surface area (Å²) in [6.45, 7) is 1.58. The second-order valence-corrected chi connectivity index (χ2v) is 11.6. The summed E-state index contributed by atoms with van der Waals surface area (Å²) in [5, 5.41) is 4.40. The van der Waals surface area contributed by atoms with Crippen LogP contribution in [0.5, 0.6) is 0 Å². The van der Waals surface area contributed by atoms with Crippen molar-refractivity contribution in [3.63, 3.8) is 0 Å². The average molecular weight is 455 g/mol. The molecule has 0 aliphatic carbocycles. The van der Waals surface area contributed by atoms with E-state index in [1.165, 1.54) is 37.3 Å². The first-order chi connectivity index (χ1) is 14.1. The standard InChI is InChI=1S/C20H23FN2O5S2/c1-14(24)23-16-6-8-17(9-7-16)30(27,28)20-13-29(25,26)12-19(20)22-11-10-15-4-2-3-5-18(15)21/h2-9,19-20,22H,10-13H2,1H3,(H,23,24)/t19-,20-/m1/s1. The molecular weight excluding hydrogens is 431 g/mol. The molecule has 0 saturated carbocycles. The molecule has 1 heterocycles. The molecule has 1 fully saturated rings. The Hall–Kier alpha value is -2.30. The van der Waals surface area contributed by atoms with Crippen molar-refractivity contribution < 1.29 is 26.0 Å². The Morgan fingerprint density at radius 1 is 1.10 bits per heavy atom. The van der Waals surface area contributed by atoms with Crippen LogP contribution in [-0.4, -0.2) is 52.1 Å². The van der Waals surface area contributed by atoms with Crippen molar-refractivity contribution in [1.29, 1.82) is 0 Å². The summed E-state index contributed by atoms with van der Waals surface area (Å²) in [6.07, 6.45) is 0.307. The van der Waals surface area contributed by atoms with Crippen molar-refractivity contribution in [3.8, 4) is 0 Å². The van der Waals surface area contributed by atoms with Crippen molar-refractivity contribution >= 4 is 31.3 Å². The lowest BCUT2D eigenvalue weighted by atomic mass is 10.1. The van der Waals surface area contributed by atoms with Gasteiger partial charge in [0.1, 0.15) is 5.82 Å². The Morgan fingerprint density at radius 2 is 1.77 bits per heavy atom. The molecule has 0 radical (unpaired) electrons. The third-order valence-electron chi connectivity index (χ3n) is 4.96. The van der Waals surface area contributed by atoms with Crippen LogP contribution in [-0.2, 0) is 30.9 Å². The Bertz CT molecular complexity index is 1130. The number of halogens is 1. The first kappa shape index (κ1) is 22.4. The highest BCUT2D eigenvalue weighted by Gasteiger charge is 2.45. The van der Waals surface area contributed by atoms with Crippen LogP contribution in [0.1, 0.15) is 12.5 Å². The molecule has 0 spiro atoms. The second-order valence-electron chi connectivity index (χ2n) is 7.27. The molecule has 162 valence electrons. The Morgan fingerprint density at radius 3 is 2.40 bits per heavy atom. The summed E-state index contributed by atoms with van der Waals surface area (Å²) >= 11 is 0. The maximum atomic E-state index is 13.8. The van der Waals surface area contributed by atoms with Gasteiger partial charge in [0.2, 0.25) is 5.91 Å². The smallest absolute Gasteiger partial charge is 0.221 e. The van der Waals surface area contributed by atoms with Crippen molar-refractivity contribution in [3.05, 3.63) is 59.9 Å². The lowest BCUT2D eigenvalue weighted by Crippen LogP contribution is -2.44. The quantitative estimate of drug-likeness (QED) is 0.657. The van der Waals surface area contributed by atoms with Crippen LogP contribution in [0.3, 0.4) is 0 Å². The van der Waals surface area contributed by atoms with Crippen molar-refractivity contribution in [2.45, 2.75) is 29.5 Å². The zero-order valence-electron chi connectivity index (χ0n) is 16.3. The number of nitrogens with one attached hydrogen (secondary N) is 2. The number of hydrogen-bond acceptors (Lipinski definition) is 6. The maximum absolute atomic E-state index is 13.8. The molecule has 2 atom stereocenters. The van der Waals surface area contributed by atoms with Gasteiger partial charge in [0.25, 0.3) is 0 Å². The second kappa shape index (κ2) is 8.83. The Labute approximate surface area is 175 Å². The zero-order valence-corrected chi connectivity index (χ0v) is 18.0. The fourth-order valence-electron chi connectivity index (χ4n) is 3.51. The molecule has 7 nitrogen and oxygen atoms in total. The van der Waals surface area contributed by atoms with E-state index in [-0.39, 0.29) is 28.9 Å². The van der Waals surface area contributed by atoms with Crippen molar-refractivity contribution in [2.24, 2.45) is 0 Å². The van der Waals surface area contributed by atoms with E-state index in [1.54, 1.807) is 18.2 Å². The van der Waals surface area contributed by atoms with Crippen LogP contribution < -0.4 is 10.6 Å². The van der Waals surface area contributed by atoms with Crippen LogP contribution in [0.25, 0.3) is 0 Å². The Kier molecular flexibility index (Phi) is 6.59. The number of amides is 1. The molecule has 0 bridgehead atoms. The molecule has 30 heavy (non-hydrogen) atoms. The van der Waals surface area contributed by atoms with Gasteiger partial charge in [0.15, 0.2) is 19.7 Å². The van der Waals surface area contributed by atoms with Crippen molar-refractivity contribution in [1.82, 2.24) is 5.32 Å². The van der Waals surface area contributed by atoms with E-state index in [9.17, 15) is 26.0 Å². The molecule has 1 saturated heterocycles. The molecule has 0 aromatic heterocycles. The summed E-state index contributed by atoms with van der Waals surface area (Å²) in [5.41, 5.74) is 0.916. The summed E-state index contributed by atoms with van der Waals surface area (Å²) in [4.78, 5) is 11.1. The minimum Gasteiger partial charge on any atom is -0.326 e. The topological polar surface area (TPSA) is 109 Å². The molecule has 1 aliphatic rings. The number of sulfone groups is 2. The summed E-state index contributed by atoms with van der Waals surface area (Å²) < 4.78 is 64.3. The van der Waals surface area contributed by atoms with Gasteiger partial charge in [-0.15, -0.1) is 0 Å². The van der Waals surface area contributed by atoms with Crippen LogP contribution in [0, 0.1) is 5.82 Å². The zero-order chi connectivity index (χ0) is 21.9. The lowest BCUT2D eigenvalue weighted by Gasteiger charge is -2.20. The van der Waals surface area contributed by atoms with E-state index in [2.05, 4.69) is 10.6 Å². The summed E-state index contributed by atoms with van der Waals surface area (Å²) in [6, 6.07) is 11.1. The van der Waals surface area contributed by atoms with Gasteiger partial charge in [-0.2, -0.15) is 0 Å². The summed E-state index contributed by atoms with van der Waals surface area (Å²) in [7, 11) is -7.47. The highest BCUT2D eigenvalue weighted by Crippen LogP contribution is 2.27. The maximum Gasteiger partial charge on any atom is 0.221 e. The average Bonchev–Trinajstić information content (AvgIpc) is 2.98. The minimum atomic E-state index is -3.94. The first-order valence-corrected chi connectivity index (χ1v) is 12.7. The number of hydrogen-bond donors (Lipinski definition) is 2. The minimum absolute atomic E-state index is 0.0143. The van der Waals surface area contributed by atoms with Crippen LogP contribution in [0.4, 0.5) is 10.1 Å². The molecule has 1 aliphatic heterocycles. The number of rotatable bonds is 7. The van der Waals surface area contributed by atoms with E-state index >= 15 is 0 Å². The van der Waals surface area contributed by atoms with Gasteiger partial charge in [0, 0.05) is 18.7 Å². The SMILES string of the molecule is CC(=O)Nc1ccc(S(=O)(=O)[C@@H]2CS(=O)(=O)C[C@H]2NCCc2ccccc2F)cc1. The fraction of sp³-hybridized carbons (Fsp3) is 0.350. The molecule has 2 aromatic rings. The van der Waals surface area contributed by atoms with E-state index in [4.69, 9.17) is 0 Å². The van der Waals surface area contributed by atoms with E-state index < -0.39 is 36.7 Å². The van der Waals surface area contributed by atoms with Crippen LogP contribution >= 0.6 is 0 Å². The first-order valence-electron chi connectivity index (χ1n) is 9.37. The van der Waals surface area contributed by atoms with E-state index in [1.807, 2.05) is 0 Å². The van der Waals surface area contributed by atoms with E-state index in [0.717, 1.165) is 0 Å². The highest BCUT2D eigenvalue weighted by molar-refractivity contribution is 7.96. The Balaban J connectivity index is 1.75. The van der Waals surface area contributed by atoms with Crippen LogP contribution in [0.15, 0.2) is 53.4 Å². The van der Waals surface area contributed by atoms with Gasteiger partial charge >= 0.3 is 0 Å². The number of benzene rings is 2. The molecule has 2 N–H and O–H groups in total. The number of anilines is 1. The van der Waals surface area contributed by atoms with Gasteiger partial charge in [-0.1, -0.05) is 18.2 Å². The molecule has 1 amide bonds. The van der Waals surface area contributed by atoms with Crippen LogP contribution in [0.2, 0.25) is 0 Å². The number of carbonyl (C=O) groups excluding carboxylic acids is 1. The monoisotopic (exact) mass is 454 g/mol. The van der Waals surface area contributed by atoms with Gasteiger partial charge < -0.3 is 10.6 Å². The molecule has 3 rings (SSSR count). The van der Waals surface area contributed by atoms with Gasteiger partial charge in [-0.05, 0) is 48.9 Å².